The van der Waals surface area contributed by atoms with Crippen molar-refractivity contribution in [2.45, 2.75) is 31.0 Å². The topological polar surface area (TPSA) is 64.3 Å². The van der Waals surface area contributed by atoms with Gasteiger partial charge in [-0.2, -0.15) is 5.10 Å². The highest BCUT2D eigenvalue weighted by atomic mass is 16.5. The number of amides is 1. The van der Waals surface area contributed by atoms with Crippen molar-refractivity contribution < 1.29 is 9.53 Å². The number of nitrogens with one attached hydrogen (secondary N) is 1. The number of hydrogen-bond acceptors (Lipinski definition) is 4. The first-order valence-electron chi connectivity index (χ1n) is 9.81. The van der Waals surface area contributed by atoms with Crippen molar-refractivity contribution in [1.29, 1.82) is 0 Å². The lowest BCUT2D eigenvalue weighted by molar-refractivity contribution is -0.0670. The van der Waals surface area contributed by atoms with Gasteiger partial charge in [0.2, 0.25) is 0 Å². The number of morpholine rings is 1. The van der Waals surface area contributed by atoms with Gasteiger partial charge in [-0.3, -0.25) is 18.9 Å². The molecule has 0 saturated carbocycles. The first kappa shape index (κ1) is 17.5. The van der Waals surface area contributed by atoms with E-state index in [9.17, 15) is 4.79 Å². The predicted molar refractivity (Wildman–Crippen MR) is 107 cm³/mol. The number of nitrogens with zero attached hydrogens (tertiary/aromatic N) is 4. The maximum Gasteiger partial charge on any atom is 0.253 e. The standard InChI is InChI=1S/C21H25N5O2/c1-24-8-7-20(23-24)26-11-18(17-5-3-4-6-19(17)26)21(27)22-14-9-15-12-28-13-16(10-14)25(15)2/h3-8,11,14-16H,9-10,12-13H2,1-2H3,(H,22,27). The van der Waals surface area contributed by atoms with Crippen LogP contribution in [0.4, 0.5) is 0 Å². The molecule has 2 aromatic heterocycles. The molecule has 146 valence electrons. The van der Waals surface area contributed by atoms with Gasteiger partial charge < -0.3 is 10.1 Å². The zero-order valence-corrected chi connectivity index (χ0v) is 16.2. The third-order valence-corrected chi connectivity index (χ3v) is 6.12. The highest BCUT2D eigenvalue weighted by molar-refractivity contribution is 6.07. The predicted octanol–water partition coefficient (Wildman–Crippen LogP) is 1.96. The number of hydrogen-bond donors (Lipinski definition) is 1. The van der Waals surface area contributed by atoms with Crippen LogP contribution in [0.15, 0.2) is 42.7 Å². The molecule has 7 heteroatoms. The second-order valence-electron chi connectivity index (χ2n) is 7.93. The second-order valence-corrected chi connectivity index (χ2v) is 7.93. The fraction of sp³-hybridized carbons (Fsp3) is 0.429. The zero-order chi connectivity index (χ0) is 19.3. The summed E-state index contributed by atoms with van der Waals surface area (Å²) in [7, 11) is 4.06. The number of ether oxygens (including phenoxy) is 1. The SMILES string of the molecule is CN1C2COCC1CC(NC(=O)c1cn(-c3ccn(C)n3)c3ccccc13)C2. The van der Waals surface area contributed by atoms with E-state index in [0.717, 1.165) is 42.8 Å². The first-order chi connectivity index (χ1) is 13.6. The van der Waals surface area contributed by atoms with Crippen molar-refractivity contribution in [3.8, 4) is 5.82 Å². The number of rotatable bonds is 3. The summed E-state index contributed by atoms with van der Waals surface area (Å²) in [5, 5.41) is 8.73. The van der Waals surface area contributed by atoms with Gasteiger partial charge in [0.05, 0.1) is 24.3 Å². The van der Waals surface area contributed by atoms with Crippen LogP contribution < -0.4 is 5.32 Å². The molecule has 0 spiro atoms. The lowest BCUT2D eigenvalue weighted by atomic mass is 9.90. The minimum absolute atomic E-state index is 0.0144. The summed E-state index contributed by atoms with van der Waals surface area (Å²) in [6.45, 7) is 1.50. The van der Waals surface area contributed by atoms with Crippen LogP contribution in [-0.2, 0) is 11.8 Å². The molecular formula is C21H25N5O2. The number of para-hydroxylation sites is 1. The largest absolute Gasteiger partial charge is 0.378 e. The number of likely N-dealkylation sites (N-methyl/N-ethyl adjacent to an activating group) is 1. The van der Waals surface area contributed by atoms with E-state index in [-0.39, 0.29) is 11.9 Å². The summed E-state index contributed by atoms with van der Waals surface area (Å²) >= 11 is 0. The Bertz CT molecular complexity index is 1010. The first-order valence-corrected chi connectivity index (χ1v) is 9.81. The average Bonchev–Trinajstić information content (AvgIpc) is 3.26. The summed E-state index contributed by atoms with van der Waals surface area (Å²) in [5.74, 6) is 0.795. The molecule has 2 fully saturated rings. The Balaban J connectivity index is 1.44. The van der Waals surface area contributed by atoms with E-state index >= 15 is 0 Å². The fourth-order valence-electron chi connectivity index (χ4n) is 4.56. The normalized spacial score (nSPS) is 25.1. The van der Waals surface area contributed by atoms with Crippen molar-refractivity contribution >= 4 is 16.8 Å². The van der Waals surface area contributed by atoms with Gasteiger partial charge in [0, 0.05) is 49.0 Å². The summed E-state index contributed by atoms with van der Waals surface area (Å²) in [6, 6.07) is 10.9. The number of aromatic nitrogens is 3. The molecule has 0 radical (unpaired) electrons. The smallest absolute Gasteiger partial charge is 0.253 e. The monoisotopic (exact) mass is 379 g/mol. The average molecular weight is 379 g/mol. The number of carbonyl (C=O) groups is 1. The van der Waals surface area contributed by atoms with Crippen molar-refractivity contribution in [1.82, 2.24) is 24.6 Å². The Hall–Kier alpha value is -2.64. The Labute approximate surface area is 163 Å². The summed E-state index contributed by atoms with van der Waals surface area (Å²) in [5.41, 5.74) is 1.68. The van der Waals surface area contributed by atoms with Crippen LogP contribution in [0, 0.1) is 0 Å². The molecule has 2 saturated heterocycles. The number of benzene rings is 1. The van der Waals surface area contributed by atoms with Crippen molar-refractivity contribution in [3.63, 3.8) is 0 Å². The maximum atomic E-state index is 13.2. The van der Waals surface area contributed by atoms with Crippen LogP contribution in [-0.4, -0.2) is 63.5 Å². The van der Waals surface area contributed by atoms with E-state index in [1.807, 2.05) is 54.3 Å². The number of carbonyl (C=O) groups excluding carboxylic acids is 1. The van der Waals surface area contributed by atoms with E-state index in [4.69, 9.17) is 4.74 Å². The van der Waals surface area contributed by atoms with E-state index < -0.39 is 0 Å². The van der Waals surface area contributed by atoms with Crippen LogP contribution in [0.3, 0.4) is 0 Å². The minimum atomic E-state index is -0.0144. The third-order valence-electron chi connectivity index (χ3n) is 6.12. The second kappa shape index (κ2) is 6.76. The van der Waals surface area contributed by atoms with Crippen LogP contribution in [0.5, 0.6) is 0 Å². The van der Waals surface area contributed by atoms with Crippen LogP contribution in [0.2, 0.25) is 0 Å². The molecule has 2 aliphatic rings. The van der Waals surface area contributed by atoms with Crippen molar-refractivity contribution in [2.75, 3.05) is 20.3 Å². The summed E-state index contributed by atoms with van der Waals surface area (Å²) < 4.78 is 9.44. The van der Waals surface area contributed by atoms with Gasteiger partial charge >= 0.3 is 0 Å². The summed E-state index contributed by atoms with van der Waals surface area (Å²) in [4.78, 5) is 15.6. The molecule has 7 nitrogen and oxygen atoms in total. The molecule has 1 amide bonds. The van der Waals surface area contributed by atoms with Crippen LogP contribution in [0.1, 0.15) is 23.2 Å². The number of piperidine rings is 1. The van der Waals surface area contributed by atoms with E-state index in [1.54, 1.807) is 4.68 Å². The van der Waals surface area contributed by atoms with Gasteiger partial charge in [-0.1, -0.05) is 18.2 Å². The number of aryl methyl sites for hydroxylation is 1. The molecule has 1 N–H and O–H groups in total. The quantitative estimate of drug-likeness (QED) is 0.756. The summed E-state index contributed by atoms with van der Waals surface area (Å²) in [6.07, 6.45) is 5.67. The fourth-order valence-corrected chi connectivity index (χ4v) is 4.56. The highest BCUT2D eigenvalue weighted by Gasteiger charge is 2.37. The molecule has 3 aromatic rings. The van der Waals surface area contributed by atoms with Crippen LogP contribution >= 0.6 is 0 Å². The van der Waals surface area contributed by atoms with Gasteiger partial charge in [0.15, 0.2) is 5.82 Å². The Morgan fingerprint density at radius 1 is 1.14 bits per heavy atom. The van der Waals surface area contributed by atoms with Crippen LogP contribution in [0.25, 0.3) is 16.7 Å². The van der Waals surface area contributed by atoms with E-state index in [0.29, 0.717) is 17.6 Å². The van der Waals surface area contributed by atoms with Crippen molar-refractivity contribution in [3.05, 3.63) is 48.3 Å². The molecular weight excluding hydrogens is 354 g/mol. The lowest BCUT2D eigenvalue weighted by Crippen LogP contribution is -2.59. The Kier molecular flexibility index (Phi) is 4.21. The van der Waals surface area contributed by atoms with Gasteiger partial charge in [0.1, 0.15) is 0 Å². The highest BCUT2D eigenvalue weighted by Crippen LogP contribution is 2.28. The van der Waals surface area contributed by atoms with E-state index in [2.05, 4.69) is 22.4 Å². The third kappa shape index (κ3) is 2.91. The van der Waals surface area contributed by atoms with Gasteiger partial charge in [-0.25, -0.2) is 0 Å². The van der Waals surface area contributed by atoms with Gasteiger partial charge in [0.25, 0.3) is 5.91 Å². The Morgan fingerprint density at radius 2 is 1.89 bits per heavy atom. The molecule has 2 atom stereocenters. The molecule has 2 bridgehead atoms. The van der Waals surface area contributed by atoms with Gasteiger partial charge in [-0.05, 0) is 26.0 Å². The lowest BCUT2D eigenvalue weighted by Gasteiger charge is -2.46. The Morgan fingerprint density at radius 3 is 2.61 bits per heavy atom. The molecule has 5 rings (SSSR count). The minimum Gasteiger partial charge on any atom is -0.378 e. The maximum absolute atomic E-state index is 13.2. The van der Waals surface area contributed by atoms with E-state index in [1.165, 1.54) is 0 Å². The van der Waals surface area contributed by atoms with Crippen molar-refractivity contribution in [2.24, 2.45) is 7.05 Å². The van der Waals surface area contributed by atoms with Gasteiger partial charge in [-0.15, -0.1) is 0 Å². The molecule has 2 aliphatic heterocycles. The molecule has 1 aromatic carbocycles. The molecule has 4 heterocycles. The molecule has 28 heavy (non-hydrogen) atoms. The molecule has 0 aliphatic carbocycles. The zero-order valence-electron chi connectivity index (χ0n) is 16.2. The number of fused-ring (bicyclic) bond motifs is 3. The molecule has 2 unspecified atom stereocenters.